The van der Waals surface area contributed by atoms with E-state index in [4.69, 9.17) is 0 Å². The van der Waals surface area contributed by atoms with Gasteiger partial charge in [0.1, 0.15) is 0 Å². The number of amides is 2. The van der Waals surface area contributed by atoms with Crippen LogP contribution in [0.25, 0.3) is 16.6 Å². The number of hydrazone groups is 1. The molecule has 4 aromatic rings. The van der Waals surface area contributed by atoms with E-state index in [-0.39, 0.29) is 11.3 Å². The van der Waals surface area contributed by atoms with Gasteiger partial charge >= 0.3 is 0 Å². The Kier molecular flexibility index (Phi) is 5.43. The lowest BCUT2D eigenvalue weighted by molar-refractivity contribution is -0.127. The van der Waals surface area contributed by atoms with Crippen molar-refractivity contribution in [1.29, 1.82) is 0 Å². The summed E-state index contributed by atoms with van der Waals surface area (Å²) in [5, 5.41) is 9.14. The van der Waals surface area contributed by atoms with E-state index >= 15 is 0 Å². The minimum Gasteiger partial charge on any atom is -0.325 e. The summed E-state index contributed by atoms with van der Waals surface area (Å²) in [5.41, 5.74) is 2.68. The van der Waals surface area contributed by atoms with E-state index in [0.29, 0.717) is 11.4 Å². The predicted octanol–water partition coefficient (Wildman–Crippen LogP) is 5.72. The number of fused-ring (bicyclic) bond motifs is 1. The van der Waals surface area contributed by atoms with Gasteiger partial charge in [0.15, 0.2) is 5.92 Å². The summed E-state index contributed by atoms with van der Waals surface area (Å²) >= 11 is 0. The van der Waals surface area contributed by atoms with Crippen LogP contribution < -0.4 is 10.3 Å². The zero-order chi connectivity index (χ0) is 24.7. The fourth-order valence-corrected chi connectivity index (χ4v) is 4.20. The van der Waals surface area contributed by atoms with Gasteiger partial charge in [-0.25, -0.2) is 8.78 Å². The lowest BCUT2D eigenvalue weighted by Gasteiger charge is -2.16. The van der Waals surface area contributed by atoms with E-state index in [0.717, 1.165) is 23.5 Å². The zero-order valence-corrected chi connectivity index (χ0v) is 19.1. The number of carbonyl (C=O) groups is 2. The Hall–Kier alpha value is -4.33. The number of halogens is 2. The first-order valence-corrected chi connectivity index (χ1v) is 11.1. The lowest BCUT2D eigenvalue weighted by Crippen LogP contribution is -2.36. The van der Waals surface area contributed by atoms with Crippen molar-refractivity contribution < 1.29 is 18.4 Å². The minimum absolute atomic E-state index is 0.190. The SMILES string of the molecule is CC1=NN(c2ccc3ccn(-c4ccccc4)c3c2)C(=O)C1C(=O)Nc1cccc(C(C)(F)F)c1. The lowest BCUT2D eigenvalue weighted by atomic mass is 10.0. The summed E-state index contributed by atoms with van der Waals surface area (Å²) < 4.78 is 29.3. The Labute approximate surface area is 200 Å². The van der Waals surface area contributed by atoms with Crippen LogP contribution in [0.4, 0.5) is 20.2 Å². The van der Waals surface area contributed by atoms with E-state index in [1.165, 1.54) is 29.3 Å². The molecule has 8 heteroatoms. The van der Waals surface area contributed by atoms with Crippen molar-refractivity contribution in [2.45, 2.75) is 19.8 Å². The summed E-state index contributed by atoms with van der Waals surface area (Å²) in [6.07, 6.45) is 1.95. The second-order valence-corrected chi connectivity index (χ2v) is 8.55. The molecular weight excluding hydrogens is 450 g/mol. The largest absolute Gasteiger partial charge is 0.325 e. The maximum atomic E-state index is 13.7. The van der Waals surface area contributed by atoms with E-state index in [1.54, 1.807) is 13.0 Å². The van der Waals surface area contributed by atoms with Crippen molar-refractivity contribution in [3.63, 3.8) is 0 Å². The van der Waals surface area contributed by atoms with E-state index in [2.05, 4.69) is 10.4 Å². The molecule has 0 saturated heterocycles. The van der Waals surface area contributed by atoms with Crippen LogP contribution in [-0.4, -0.2) is 22.1 Å². The van der Waals surface area contributed by atoms with Gasteiger partial charge < -0.3 is 9.88 Å². The second-order valence-electron chi connectivity index (χ2n) is 8.55. The first-order chi connectivity index (χ1) is 16.7. The number of anilines is 2. The molecule has 0 spiro atoms. The second kappa shape index (κ2) is 8.47. The third kappa shape index (κ3) is 4.19. The third-order valence-electron chi connectivity index (χ3n) is 5.99. The fourth-order valence-electron chi connectivity index (χ4n) is 4.20. The Balaban J connectivity index is 1.41. The Morgan fingerprint density at radius 1 is 0.971 bits per heavy atom. The Morgan fingerprint density at radius 2 is 1.74 bits per heavy atom. The highest BCUT2D eigenvalue weighted by atomic mass is 19.3. The van der Waals surface area contributed by atoms with Crippen LogP contribution in [0.1, 0.15) is 19.4 Å². The number of aromatic nitrogens is 1. The molecule has 2 amide bonds. The Bertz CT molecular complexity index is 1470. The predicted molar refractivity (Wildman–Crippen MR) is 132 cm³/mol. The van der Waals surface area contributed by atoms with Crippen LogP contribution in [0.15, 0.2) is 90.2 Å². The van der Waals surface area contributed by atoms with Gasteiger partial charge in [0.25, 0.3) is 11.8 Å². The number of nitrogens with zero attached hydrogens (tertiary/aromatic N) is 3. The molecule has 35 heavy (non-hydrogen) atoms. The molecule has 1 unspecified atom stereocenters. The number of alkyl halides is 2. The molecule has 1 aliphatic rings. The number of rotatable bonds is 5. The molecule has 1 aromatic heterocycles. The highest BCUT2D eigenvalue weighted by Crippen LogP contribution is 2.31. The maximum absolute atomic E-state index is 13.7. The van der Waals surface area contributed by atoms with Gasteiger partial charge in [-0.3, -0.25) is 9.59 Å². The van der Waals surface area contributed by atoms with Crippen molar-refractivity contribution in [3.05, 3.63) is 90.6 Å². The van der Waals surface area contributed by atoms with E-state index < -0.39 is 23.7 Å². The van der Waals surface area contributed by atoms with Gasteiger partial charge in [-0.1, -0.05) is 36.4 Å². The number of hydrogen-bond acceptors (Lipinski definition) is 3. The van der Waals surface area contributed by atoms with Crippen LogP contribution in [0.2, 0.25) is 0 Å². The number of hydrogen-bond donors (Lipinski definition) is 1. The normalized spacial score (nSPS) is 16.0. The average Bonchev–Trinajstić information content (AvgIpc) is 3.39. The van der Waals surface area contributed by atoms with Crippen LogP contribution >= 0.6 is 0 Å². The summed E-state index contributed by atoms with van der Waals surface area (Å²) in [6, 6.07) is 22.7. The zero-order valence-electron chi connectivity index (χ0n) is 19.1. The minimum atomic E-state index is -3.05. The van der Waals surface area contributed by atoms with Gasteiger partial charge in [0.05, 0.1) is 16.9 Å². The first-order valence-electron chi connectivity index (χ1n) is 11.1. The summed E-state index contributed by atoms with van der Waals surface area (Å²) in [7, 11) is 0. The maximum Gasteiger partial charge on any atom is 0.270 e. The Morgan fingerprint density at radius 3 is 2.49 bits per heavy atom. The molecule has 6 nitrogen and oxygen atoms in total. The van der Waals surface area contributed by atoms with Crippen molar-refractivity contribution >= 4 is 39.8 Å². The smallest absolute Gasteiger partial charge is 0.270 e. The molecule has 0 aliphatic carbocycles. The van der Waals surface area contributed by atoms with Crippen LogP contribution in [0, 0.1) is 5.92 Å². The van der Waals surface area contributed by atoms with Gasteiger partial charge in [-0.15, -0.1) is 0 Å². The van der Waals surface area contributed by atoms with E-state index in [9.17, 15) is 18.4 Å². The molecule has 1 N–H and O–H groups in total. The summed E-state index contributed by atoms with van der Waals surface area (Å²) in [6.45, 7) is 2.39. The quantitative estimate of drug-likeness (QED) is 0.378. The molecule has 5 rings (SSSR count). The van der Waals surface area contributed by atoms with E-state index in [1.807, 2.05) is 59.3 Å². The fraction of sp³-hybridized carbons (Fsp3) is 0.148. The molecular formula is C27H22F2N4O2. The van der Waals surface area contributed by atoms with Crippen LogP contribution in [0.3, 0.4) is 0 Å². The van der Waals surface area contributed by atoms with Crippen molar-refractivity contribution in [3.8, 4) is 5.69 Å². The number of carbonyl (C=O) groups excluding carboxylic acids is 2. The standard InChI is InChI=1S/C27H22F2N4O2/c1-17-24(25(34)30-20-8-6-7-19(15-20)27(2,28)29)26(35)33(31-17)22-12-11-18-13-14-32(23(18)16-22)21-9-4-3-5-10-21/h3-16,24H,1-2H3,(H,30,34). The monoisotopic (exact) mass is 472 g/mol. The van der Waals surface area contributed by atoms with Crippen molar-refractivity contribution in [2.24, 2.45) is 11.0 Å². The molecule has 176 valence electrons. The molecule has 1 atom stereocenters. The molecule has 3 aromatic carbocycles. The van der Waals surface area contributed by atoms with Crippen molar-refractivity contribution in [2.75, 3.05) is 10.3 Å². The highest BCUT2D eigenvalue weighted by Gasteiger charge is 2.40. The highest BCUT2D eigenvalue weighted by molar-refractivity contribution is 6.28. The molecule has 0 radical (unpaired) electrons. The molecule has 0 bridgehead atoms. The molecule has 1 aliphatic heterocycles. The number of benzene rings is 3. The van der Waals surface area contributed by atoms with Gasteiger partial charge in [-0.05, 0) is 49.4 Å². The number of nitrogens with one attached hydrogen (secondary N) is 1. The van der Waals surface area contributed by atoms with Crippen molar-refractivity contribution in [1.82, 2.24) is 4.57 Å². The number of para-hydroxylation sites is 1. The molecule has 0 fully saturated rings. The molecule has 2 heterocycles. The summed E-state index contributed by atoms with van der Waals surface area (Å²) in [4.78, 5) is 26.2. The summed E-state index contributed by atoms with van der Waals surface area (Å²) in [5.74, 6) is -5.33. The van der Waals surface area contributed by atoms with Gasteiger partial charge in [-0.2, -0.15) is 10.1 Å². The van der Waals surface area contributed by atoms with Crippen LogP contribution in [-0.2, 0) is 15.5 Å². The topological polar surface area (TPSA) is 66.7 Å². The van der Waals surface area contributed by atoms with Gasteiger partial charge in [0.2, 0.25) is 5.91 Å². The average molecular weight is 472 g/mol. The first kappa shape index (κ1) is 22.5. The molecule has 0 saturated carbocycles. The third-order valence-corrected chi connectivity index (χ3v) is 5.99. The van der Waals surface area contributed by atoms with Crippen LogP contribution in [0.5, 0.6) is 0 Å². The van der Waals surface area contributed by atoms with Gasteiger partial charge in [0, 0.05) is 35.4 Å².